The van der Waals surface area contributed by atoms with E-state index in [1.165, 1.54) is 13.2 Å². The zero-order valence-corrected chi connectivity index (χ0v) is 17.0. The van der Waals surface area contributed by atoms with Gasteiger partial charge in [-0.1, -0.05) is 11.6 Å². The molecule has 1 aromatic carbocycles. The third kappa shape index (κ3) is 5.53. The van der Waals surface area contributed by atoms with Crippen LogP contribution in [0.1, 0.15) is 23.2 Å². The molecule has 0 saturated carbocycles. The van der Waals surface area contributed by atoms with E-state index in [4.69, 9.17) is 26.8 Å². The van der Waals surface area contributed by atoms with Crippen molar-refractivity contribution in [2.45, 2.75) is 18.4 Å². The molecule has 0 spiro atoms. The Morgan fingerprint density at radius 1 is 1.36 bits per heavy atom. The largest absolute Gasteiger partial charge is 0.496 e. The minimum absolute atomic E-state index is 0. The molecule has 1 aliphatic rings. The zero-order valence-electron chi connectivity index (χ0n) is 14.6. The smallest absolute Gasteiger partial charge is 0.255 e. The highest BCUT2D eigenvalue weighted by Gasteiger charge is 2.35. The number of carbonyl (C=O) groups is 1. The third-order valence-corrected chi connectivity index (χ3v) is 4.84. The van der Waals surface area contributed by atoms with Crippen LogP contribution in [0.15, 0.2) is 12.1 Å². The van der Waals surface area contributed by atoms with Crippen LogP contribution in [0, 0.1) is 0 Å². The predicted octanol–water partition coefficient (Wildman–Crippen LogP) is 2.62. The zero-order chi connectivity index (χ0) is 17.0. The van der Waals surface area contributed by atoms with Crippen molar-refractivity contribution >= 4 is 48.0 Å². The fraction of sp³-hybridized carbons (Fsp3) is 0.562. The number of methoxy groups -OCH3 is 1. The number of halogens is 3. The normalized spacial score (nSPS) is 15.7. The Labute approximate surface area is 166 Å². The maximum absolute atomic E-state index is 12.6. The molecule has 0 unspecified atom stereocenters. The van der Waals surface area contributed by atoms with Crippen molar-refractivity contribution in [3.63, 3.8) is 0 Å². The number of hydrogen-bond acceptors (Lipinski definition) is 5. The number of nitrogens with two attached hydrogens (primary N) is 1. The first-order chi connectivity index (χ1) is 10.9. The molecule has 144 valence electrons. The van der Waals surface area contributed by atoms with E-state index in [1.54, 1.807) is 6.07 Å². The van der Waals surface area contributed by atoms with Gasteiger partial charge in [0, 0.05) is 31.4 Å². The summed E-state index contributed by atoms with van der Waals surface area (Å²) in [6.07, 6.45) is 1.75. The Hall–Kier alpha value is -0.920. The molecule has 1 amide bonds. The number of nitrogen functional groups attached to an aromatic ring is 1. The number of hydrogen-bond donors (Lipinski definition) is 2. The summed E-state index contributed by atoms with van der Waals surface area (Å²) >= 11 is 6.03. The maximum Gasteiger partial charge on any atom is 0.255 e. The fourth-order valence-electron chi connectivity index (χ4n) is 2.79. The Kier molecular flexibility index (Phi) is 9.90. The van der Waals surface area contributed by atoms with Crippen molar-refractivity contribution in [1.29, 1.82) is 0 Å². The lowest BCUT2D eigenvalue weighted by Gasteiger charge is -2.42. The van der Waals surface area contributed by atoms with Gasteiger partial charge in [-0.2, -0.15) is 0 Å². The van der Waals surface area contributed by atoms with Crippen LogP contribution >= 0.6 is 36.4 Å². The SMILES string of the molecule is COc1cc(N)c(Cl)cc1C(=O)NCC1(N(C)C)CCOCC1.Cl.Cl. The van der Waals surface area contributed by atoms with Gasteiger partial charge < -0.3 is 25.4 Å². The number of carbonyl (C=O) groups excluding carboxylic acids is 1. The standard InChI is InChI=1S/C16H24ClN3O3.2ClH/c1-20(2)16(4-6-23-7-5-16)10-19-15(21)11-8-12(17)13(18)9-14(11)22-3;;/h8-9H,4-7,10,18H2,1-3H3,(H,19,21);2*1H. The average molecular weight is 415 g/mol. The second kappa shape index (κ2) is 10.3. The van der Waals surface area contributed by atoms with Gasteiger partial charge in [0.25, 0.3) is 5.91 Å². The quantitative estimate of drug-likeness (QED) is 0.724. The lowest BCUT2D eigenvalue weighted by atomic mass is 9.88. The number of nitrogens with one attached hydrogen (secondary N) is 1. The molecule has 25 heavy (non-hydrogen) atoms. The van der Waals surface area contributed by atoms with E-state index in [2.05, 4.69) is 10.2 Å². The summed E-state index contributed by atoms with van der Waals surface area (Å²) in [4.78, 5) is 14.7. The molecule has 1 fully saturated rings. The number of nitrogens with zero attached hydrogens (tertiary/aromatic N) is 1. The summed E-state index contributed by atoms with van der Waals surface area (Å²) in [5, 5.41) is 3.33. The molecule has 6 nitrogen and oxygen atoms in total. The molecule has 0 bridgehead atoms. The number of likely N-dealkylation sites (N-methyl/N-ethyl adjacent to an activating group) is 1. The van der Waals surface area contributed by atoms with Crippen molar-refractivity contribution in [1.82, 2.24) is 10.2 Å². The molecule has 0 aliphatic carbocycles. The molecule has 0 atom stereocenters. The first-order valence-corrected chi connectivity index (χ1v) is 7.94. The van der Waals surface area contributed by atoms with Gasteiger partial charge in [-0.15, -0.1) is 24.8 Å². The van der Waals surface area contributed by atoms with E-state index < -0.39 is 0 Å². The Morgan fingerprint density at radius 2 is 1.96 bits per heavy atom. The lowest BCUT2D eigenvalue weighted by molar-refractivity contribution is -0.00659. The summed E-state index contributed by atoms with van der Waals surface area (Å²) in [5.41, 5.74) is 6.42. The van der Waals surface area contributed by atoms with Crippen molar-refractivity contribution in [2.75, 3.05) is 46.7 Å². The van der Waals surface area contributed by atoms with Crippen molar-refractivity contribution in [2.24, 2.45) is 0 Å². The summed E-state index contributed by atoms with van der Waals surface area (Å²) in [6, 6.07) is 3.10. The van der Waals surface area contributed by atoms with Gasteiger partial charge in [0.05, 0.1) is 23.4 Å². The molecular weight excluding hydrogens is 389 g/mol. The van der Waals surface area contributed by atoms with Crippen LogP contribution in [0.3, 0.4) is 0 Å². The van der Waals surface area contributed by atoms with Crippen molar-refractivity contribution in [3.8, 4) is 5.75 Å². The molecule has 1 aromatic rings. The molecule has 3 N–H and O–H groups in total. The van der Waals surface area contributed by atoms with Crippen LogP contribution in [0.5, 0.6) is 5.75 Å². The summed E-state index contributed by atoms with van der Waals surface area (Å²) in [5.74, 6) is 0.187. The molecule has 2 rings (SSSR count). The predicted molar refractivity (Wildman–Crippen MR) is 106 cm³/mol. The maximum atomic E-state index is 12.6. The van der Waals surface area contributed by atoms with Gasteiger partial charge in [-0.3, -0.25) is 4.79 Å². The van der Waals surface area contributed by atoms with Gasteiger partial charge in [-0.25, -0.2) is 0 Å². The van der Waals surface area contributed by atoms with E-state index in [1.807, 2.05) is 14.1 Å². The summed E-state index contributed by atoms with van der Waals surface area (Å²) in [7, 11) is 5.55. The first kappa shape index (κ1) is 24.1. The van der Waals surface area contributed by atoms with Crippen molar-refractivity contribution in [3.05, 3.63) is 22.7 Å². The van der Waals surface area contributed by atoms with Crippen LogP contribution in [-0.4, -0.2) is 57.3 Å². The van der Waals surface area contributed by atoms with Crippen LogP contribution < -0.4 is 15.8 Å². The Bertz CT molecular complexity index is 579. The Balaban J connectivity index is 0.00000288. The second-order valence-electron chi connectivity index (χ2n) is 5.99. The van der Waals surface area contributed by atoms with E-state index in [0.29, 0.717) is 41.8 Å². The van der Waals surface area contributed by atoms with Crippen LogP contribution in [0.25, 0.3) is 0 Å². The summed E-state index contributed by atoms with van der Waals surface area (Å²) in [6.45, 7) is 1.93. The minimum atomic E-state index is -0.225. The molecule has 0 radical (unpaired) electrons. The third-order valence-electron chi connectivity index (χ3n) is 4.51. The molecule has 0 aromatic heterocycles. The van der Waals surface area contributed by atoms with E-state index in [0.717, 1.165) is 12.8 Å². The number of anilines is 1. The van der Waals surface area contributed by atoms with Crippen LogP contribution in [0.4, 0.5) is 5.69 Å². The Morgan fingerprint density at radius 3 is 2.48 bits per heavy atom. The lowest BCUT2D eigenvalue weighted by Crippen LogP contribution is -2.55. The van der Waals surface area contributed by atoms with Crippen molar-refractivity contribution < 1.29 is 14.3 Å². The number of benzene rings is 1. The molecule has 1 saturated heterocycles. The first-order valence-electron chi connectivity index (χ1n) is 7.56. The highest BCUT2D eigenvalue weighted by atomic mass is 35.5. The van der Waals surface area contributed by atoms with E-state index >= 15 is 0 Å². The van der Waals surface area contributed by atoms with Crippen LogP contribution in [0.2, 0.25) is 5.02 Å². The van der Waals surface area contributed by atoms with Crippen LogP contribution in [-0.2, 0) is 4.74 Å². The fourth-order valence-corrected chi connectivity index (χ4v) is 2.95. The van der Waals surface area contributed by atoms with E-state index in [-0.39, 0.29) is 36.3 Å². The number of ether oxygens (including phenoxy) is 2. The highest BCUT2D eigenvalue weighted by Crippen LogP contribution is 2.29. The monoisotopic (exact) mass is 413 g/mol. The topological polar surface area (TPSA) is 76.8 Å². The summed E-state index contributed by atoms with van der Waals surface area (Å²) < 4.78 is 10.7. The van der Waals surface area contributed by atoms with Gasteiger partial charge in [0.2, 0.25) is 0 Å². The highest BCUT2D eigenvalue weighted by molar-refractivity contribution is 6.33. The van der Waals surface area contributed by atoms with Gasteiger partial charge in [0.15, 0.2) is 0 Å². The number of amides is 1. The van der Waals surface area contributed by atoms with Gasteiger partial charge in [-0.05, 0) is 33.0 Å². The van der Waals surface area contributed by atoms with Gasteiger partial charge >= 0.3 is 0 Å². The molecule has 1 heterocycles. The minimum Gasteiger partial charge on any atom is -0.496 e. The molecule has 9 heteroatoms. The molecular formula is C16H26Cl3N3O3. The number of rotatable bonds is 5. The second-order valence-corrected chi connectivity index (χ2v) is 6.40. The van der Waals surface area contributed by atoms with E-state index in [9.17, 15) is 4.79 Å². The molecule has 1 aliphatic heterocycles. The van der Waals surface area contributed by atoms with Gasteiger partial charge in [0.1, 0.15) is 5.75 Å². The average Bonchev–Trinajstić information content (AvgIpc) is 2.55.